The van der Waals surface area contributed by atoms with Crippen molar-refractivity contribution in [1.29, 1.82) is 0 Å². The van der Waals surface area contributed by atoms with Gasteiger partial charge in [0, 0.05) is 17.5 Å². The van der Waals surface area contributed by atoms with Crippen molar-refractivity contribution >= 4 is 21.0 Å². The predicted molar refractivity (Wildman–Crippen MR) is 88.5 cm³/mol. The number of rotatable bonds is 6. The van der Waals surface area contributed by atoms with Crippen LogP contribution in [0.3, 0.4) is 0 Å². The topological polar surface area (TPSA) is 65.5 Å². The molecule has 0 aliphatic carbocycles. The van der Waals surface area contributed by atoms with Crippen LogP contribution < -0.4 is 4.74 Å². The fourth-order valence-electron chi connectivity index (χ4n) is 1.67. The van der Waals surface area contributed by atoms with E-state index in [0.29, 0.717) is 6.61 Å². The molecule has 0 aliphatic rings. The van der Waals surface area contributed by atoms with E-state index in [9.17, 15) is 8.42 Å². The average molecular weight is 325 g/mol. The number of pyridine rings is 1. The van der Waals surface area contributed by atoms with Crippen molar-refractivity contribution in [3.63, 3.8) is 0 Å². The lowest BCUT2D eigenvalue weighted by molar-refractivity contribution is 0.193. The summed E-state index contributed by atoms with van der Waals surface area (Å²) in [6.07, 6.45) is 2.78. The quantitative estimate of drug-likeness (QED) is 0.763. The number of aromatic nitrogens is 1. The molecule has 0 N–H and O–H groups in total. The molecule has 0 saturated carbocycles. The van der Waals surface area contributed by atoms with Crippen molar-refractivity contribution in [1.82, 2.24) is 4.98 Å². The smallest absolute Gasteiger partial charge is 0.264 e. The van der Waals surface area contributed by atoms with Gasteiger partial charge in [0.05, 0.1) is 25.0 Å². The molecule has 0 aliphatic heterocycles. The van der Waals surface area contributed by atoms with Gasteiger partial charge in [-0.2, -0.15) is 8.42 Å². The van der Waals surface area contributed by atoms with Gasteiger partial charge in [0.15, 0.2) is 0 Å². The Hall–Kier alpha value is -1.66. The second kappa shape index (κ2) is 8.70. The summed E-state index contributed by atoms with van der Waals surface area (Å²) in [5.74, 6) is 0.714. The predicted octanol–water partition coefficient (Wildman–Crippen LogP) is 3.25. The normalized spacial score (nSPS) is 12.4. The molecule has 1 aromatic heterocycles. The summed E-state index contributed by atoms with van der Waals surface area (Å²) >= 11 is 0. The lowest BCUT2D eigenvalue weighted by atomic mass is 10.2. The molecule has 2 rings (SSSR count). The Balaban J connectivity index is 0.00000116. The van der Waals surface area contributed by atoms with E-state index in [1.807, 2.05) is 51.1 Å². The molecule has 5 nitrogen and oxygen atoms in total. The lowest BCUT2D eigenvalue weighted by Gasteiger charge is -2.13. The van der Waals surface area contributed by atoms with E-state index >= 15 is 0 Å². The minimum Gasteiger partial charge on any atom is -0.493 e. The molecule has 0 bridgehead atoms. The molecular formula is C16H23NO4S. The third kappa shape index (κ3) is 6.41. The van der Waals surface area contributed by atoms with Crippen LogP contribution in [0.1, 0.15) is 20.8 Å². The monoisotopic (exact) mass is 325 g/mol. The highest BCUT2D eigenvalue weighted by Crippen LogP contribution is 2.19. The first-order valence-corrected chi connectivity index (χ1v) is 9.08. The largest absolute Gasteiger partial charge is 0.493 e. The Morgan fingerprint density at radius 3 is 2.59 bits per heavy atom. The van der Waals surface area contributed by atoms with Crippen LogP contribution in [0.4, 0.5) is 0 Å². The summed E-state index contributed by atoms with van der Waals surface area (Å²) in [4.78, 5) is 4.23. The third-order valence-electron chi connectivity index (χ3n) is 2.68. The van der Waals surface area contributed by atoms with E-state index in [4.69, 9.17) is 8.92 Å². The number of benzene rings is 1. The van der Waals surface area contributed by atoms with Gasteiger partial charge in [-0.25, -0.2) is 0 Å². The molecule has 6 heteroatoms. The van der Waals surface area contributed by atoms with Crippen molar-refractivity contribution in [2.45, 2.75) is 20.8 Å². The summed E-state index contributed by atoms with van der Waals surface area (Å²) in [5.41, 5.74) is 0.910. The SMILES string of the molecule is CC.CC(COc1ccc2ncccc2c1)COS(C)(=O)=O. The van der Waals surface area contributed by atoms with Gasteiger partial charge in [-0.3, -0.25) is 9.17 Å². The molecule has 122 valence electrons. The van der Waals surface area contributed by atoms with Gasteiger partial charge in [0.2, 0.25) is 0 Å². The molecule has 22 heavy (non-hydrogen) atoms. The molecule has 0 amide bonds. The van der Waals surface area contributed by atoms with Crippen molar-refractivity contribution in [2.24, 2.45) is 5.92 Å². The van der Waals surface area contributed by atoms with Crippen LogP contribution in [0, 0.1) is 5.92 Å². The van der Waals surface area contributed by atoms with E-state index in [-0.39, 0.29) is 12.5 Å². The van der Waals surface area contributed by atoms with E-state index < -0.39 is 10.1 Å². The maximum Gasteiger partial charge on any atom is 0.264 e. The minimum absolute atomic E-state index is 0.0191. The lowest BCUT2D eigenvalue weighted by Crippen LogP contribution is -2.17. The Labute approximate surface area is 132 Å². The van der Waals surface area contributed by atoms with Gasteiger partial charge in [-0.05, 0) is 24.3 Å². The van der Waals surface area contributed by atoms with Crippen LogP contribution in [0.25, 0.3) is 10.9 Å². The number of fused-ring (bicyclic) bond motifs is 1. The molecule has 2 aromatic rings. The zero-order valence-corrected chi connectivity index (χ0v) is 14.3. The number of hydrogen-bond donors (Lipinski definition) is 0. The Morgan fingerprint density at radius 2 is 1.91 bits per heavy atom. The minimum atomic E-state index is -3.39. The highest BCUT2D eigenvalue weighted by Gasteiger charge is 2.09. The van der Waals surface area contributed by atoms with Gasteiger partial charge in [-0.1, -0.05) is 26.8 Å². The summed E-state index contributed by atoms with van der Waals surface area (Å²) in [6.45, 7) is 6.38. The third-order valence-corrected chi connectivity index (χ3v) is 3.24. The molecule has 0 spiro atoms. The van der Waals surface area contributed by atoms with E-state index in [1.54, 1.807) is 6.20 Å². The van der Waals surface area contributed by atoms with Crippen LogP contribution in [0.2, 0.25) is 0 Å². The second-order valence-corrected chi connectivity index (χ2v) is 6.41. The molecular weight excluding hydrogens is 302 g/mol. The number of ether oxygens (including phenoxy) is 1. The first kappa shape index (κ1) is 18.4. The van der Waals surface area contributed by atoms with Crippen LogP contribution in [-0.4, -0.2) is 32.9 Å². The van der Waals surface area contributed by atoms with Gasteiger partial charge < -0.3 is 4.74 Å². The van der Waals surface area contributed by atoms with Crippen molar-refractivity contribution in [2.75, 3.05) is 19.5 Å². The maximum atomic E-state index is 10.9. The summed E-state index contributed by atoms with van der Waals surface area (Å²) in [7, 11) is -3.39. The molecule has 0 radical (unpaired) electrons. The molecule has 1 aromatic carbocycles. The Bertz CT molecular complexity index is 685. The van der Waals surface area contributed by atoms with Crippen molar-refractivity contribution in [3.05, 3.63) is 36.5 Å². The van der Waals surface area contributed by atoms with Gasteiger partial charge in [-0.15, -0.1) is 0 Å². The number of nitrogens with zero attached hydrogens (tertiary/aromatic N) is 1. The fourth-order valence-corrected chi connectivity index (χ4v) is 2.15. The Kier molecular flexibility index (Phi) is 7.27. The highest BCUT2D eigenvalue weighted by atomic mass is 32.2. The van der Waals surface area contributed by atoms with E-state index in [0.717, 1.165) is 22.9 Å². The molecule has 0 saturated heterocycles. The van der Waals surface area contributed by atoms with E-state index in [2.05, 4.69) is 4.98 Å². The van der Waals surface area contributed by atoms with Crippen LogP contribution in [-0.2, 0) is 14.3 Å². The van der Waals surface area contributed by atoms with Gasteiger partial charge in [0.1, 0.15) is 5.75 Å². The number of hydrogen-bond acceptors (Lipinski definition) is 5. The zero-order valence-electron chi connectivity index (χ0n) is 13.4. The fraction of sp³-hybridized carbons (Fsp3) is 0.438. The Morgan fingerprint density at radius 1 is 1.18 bits per heavy atom. The van der Waals surface area contributed by atoms with Crippen LogP contribution >= 0.6 is 0 Å². The van der Waals surface area contributed by atoms with Crippen molar-refractivity contribution in [3.8, 4) is 5.75 Å². The first-order valence-electron chi connectivity index (χ1n) is 7.26. The molecule has 1 atom stereocenters. The summed E-state index contributed by atoms with van der Waals surface area (Å²) < 4.78 is 32.1. The van der Waals surface area contributed by atoms with Gasteiger partial charge >= 0.3 is 0 Å². The van der Waals surface area contributed by atoms with E-state index in [1.165, 1.54) is 0 Å². The second-order valence-electron chi connectivity index (χ2n) is 4.76. The molecule has 1 heterocycles. The van der Waals surface area contributed by atoms with Crippen LogP contribution in [0.15, 0.2) is 36.5 Å². The standard InChI is InChI=1S/C14H17NO4S.C2H6/c1-11(10-19-20(2,16)17)9-18-13-5-6-14-12(8-13)4-3-7-15-14;1-2/h3-8,11H,9-10H2,1-2H3;1-2H3. The van der Waals surface area contributed by atoms with Gasteiger partial charge in [0.25, 0.3) is 10.1 Å². The maximum absolute atomic E-state index is 10.9. The van der Waals surface area contributed by atoms with Crippen LogP contribution in [0.5, 0.6) is 5.75 Å². The average Bonchev–Trinajstić information content (AvgIpc) is 2.52. The van der Waals surface area contributed by atoms with Crippen molar-refractivity contribution < 1.29 is 17.3 Å². The highest BCUT2D eigenvalue weighted by molar-refractivity contribution is 7.85. The summed E-state index contributed by atoms with van der Waals surface area (Å²) in [6, 6.07) is 9.48. The zero-order chi connectivity index (χ0) is 16.6. The molecule has 1 unspecified atom stereocenters. The first-order chi connectivity index (χ1) is 10.4. The summed E-state index contributed by atoms with van der Waals surface area (Å²) in [5, 5.41) is 1.00. The molecule has 0 fully saturated rings.